The third-order valence-corrected chi connectivity index (χ3v) is 2.73. The number of rotatable bonds is 7. The number of pyridine rings is 1. The first-order valence-corrected chi connectivity index (χ1v) is 6.42. The molecule has 2 rings (SSSR count). The van der Waals surface area contributed by atoms with Gasteiger partial charge >= 0.3 is 0 Å². The van der Waals surface area contributed by atoms with Crippen LogP contribution in [-0.2, 0) is 0 Å². The van der Waals surface area contributed by atoms with Crippen molar-refractivity contribution >= 4 is 5.91 Å². The summed E-state index contributed by atoms with van der Waals surface area (Å²) in [5, 5.41) is 11.8. The number of aliphatic hydroxyl groups is 1. The highest BCUT2D eigenvalue weighted by atomic mass is 19.3. The minimum absolute atomic E-state index is 0.00147. The Morgan fingerprint density at radius 2 is 2.23 bits per heavy atom. The van der Waals surface area contributed by atoms with Crippen molar-refractivity contribution in [1.82, 2.24) is 10.3 Å². The summed E-state index contributed by atoms with van der Waals surface area (Å²) in [6, 6.07) is 5.29. The van der Waals surface area contributed by atoms with E-state index in [1.165, 1.54) is 24.6 Å². The van der Waals surface area contributed by atoms with Crippen LogP contribution in [0.4, 0.5) is 8.78 Å². The van der Waals surface area contributed by atoms with E-state index in [2.05, 4.69) is 10.3 Å². The van der Waals surface area contributed by atoms with Gasteiger partial charge in [0.1, 0.15) is 11.8 Å². The van der Waals surface area contributed by atoms with Crippen LogP contribution in [0.3, 0.4) is 0 Å². The van der Waals surface area contributed by atoms with Crippen molar-refractivity contribution in [3.63, 3.8) is 0 Å². The molecule has 0 saturated heterocycles. The maximum atomic E-state index is 12.0. The summed E-state index contributed by atoms with van der Waals surface area (Å²) in [6.45, 7) is -1.09. The zero-order valence-corrected chi connectivity index (χ0v) is 11.4. The van der Waals surface area contributed by atoms with Crippen molar-refractivity contribution in [3.05, 3.63) is 48.0 Å². The number of aliphatic hydroxyl groups excluding tert-OH is 1. The second kappa shape index (κ2) is 7.51. The molecule has 0 aliphatic rings. The molecule has 0 bridgehead atoms. The highest BCUT2D eigenvalue weighted by Crippen LogP contribution is 2.14. The Bertz CT molecular complexity index is 587. The number of ether oxygens (including phenoxy) is 1. The lowest BCUT2D eigenvalue weighted by Crippen LogP contribution is -2.30. The molecule has 6 nitrogen and oxygen atoms in total. The maximum Gasteiger partial charge on any atom is 0.272 e. The minimum atomic E-state index is -2.59. The maximum absolute atomic E-state index is 12.0. The monoisotopic (exact) mass is 312 g/mol. The van der Waals surface area contributed by atoms with Crippen molar-refractivity contribution in [1.29, 1.82) is 0 Å². The van der Waals surface area contributed by atoms with Crippen LogP contribution in [0.5, 0.6) is 5.88 Å². The lowest BCUT2D eigenvalue weighted by atomic mass is 10.2. The first-order chi connectivity index (χ1) is 10.6. The molecule has 0 spiro atoms. The van der Waals surface area contributed by atoms with Crippen LogP contribution < -0.4 is 10.1 Å². The van der Waals surface area contributed by atoms with Gasteiger partial charge in [0.15, 0.2) is 6.61 Å². The van der Waals surface area contributed by atoms with Crippen molar-refractivity contribution in [3.8, 4) is 5.88 Å². The number of furan rings is 1. The zero-order valence-electron chi connectivity index (χ0n) is 11.4. The molecular weight excluding hydrogens is 298 g/mol. The van der Waals surface area contributed by atoms with Gasteiger partial charge in [-0.15, -0.1) is 0 Å². The second-order valence-corrected chi connectivity index (χ2v) is 4.31. The number of carbonyl (C=O) groups excluding carboxylic acids is 1. The number of hydrogen-bond acceptors (Lipinski definition) is 5. The molecule has 0 radical (unpaired) electrons. The average molecular weight is 312 g/mol. The van der Waals surface area contributed by atoms with Gasteiger partial charge in [0.05, 0.1) is 18.4 Å². The summed E-state index contributed by atoms with van der Waals surface area (Å²) in [6.07, 6.45) is 0.0384. The van der Waals surface area contributed by atoms with Crippen LogP contribution in [0.2, 0.25) is 0 Å². The SMILES string of the molecule is O=C(NC(CO)c1ccco1)c1ccc(OCC(F)F)nc1. The first-order valence-electron chi connectivity index (χ1n) is 6.42. The molecule has 0 saturated carbocycles. The number of alkyl halides is 2. The third kappa shape index (κ3) is 4.26. The van der Waals surface area contributed by atoms with Crippen LogP contribution in [0, 0.1) is 0 Å². The summed E-state index contributed by atoms with van der Waals surface area (Å²) in [4.78, 5) is 15.8. The van der Waals surface area contributed by atoms with E-state index in [-0.39, 0.29) is 18.1 Å². The first kappa shape index (κ1) is 15.9. The Hall–Kier alpha value is -2.48. The molecule has 1 atom stereocenters. The molecule has 2 heterocycles. The van der Waals surface area contributed by atoms with Crippen molar-refractivity contribution in [2.24, 2.45) is 0 Å². The number of halogens is 2. The van der Waals surface area contributed by atoms with Gasteiger partial charge in [0.25, 0.3) is 12.3 Å². The van der Waals surface area contributed by atoms with E-state index in [9.17, 15) is 18.7 Å². The number of hydrogen-bond donors (Lipinski definition) is 2. The van der Waals surface area contributed by atoms with Crippen LogP contribution in [0.15, 0.2) is 41.1 Å². The molecule has 2 aromatic heterocycles. The van der Waals surface area contributed by atoms with Gasteiger partial charge in [-0.2, -0.15) is 0 Å². The summed E-state index contributed by atoms with van der Waals surface area (Å²) in [5.41, 5.74) is 0.203. The average Bonchev–Trinajstić information content (AvgIpc) is 3.05. The van der Waals surface area contributed by atoms with Crippen LogP contribution in [0.25, 0.3) is 0 Å². The van der Waals surface area contributed by atoms with E-state index in [1.54, 1.807) is 12.1 Å². The Kier molecular flexibility index (Phi) is 5.42. The highest BCUT2D eigenvalue weighted by molar-refractivity contribution is 5.94. The van der Waals surface area contributed by atoms with Crippen molar-refractivity contribution in [2.75, 3.05) is 13.2 Å². The number of nitrogens with zero attached hydrogens (tertiary/aromatic N) is 1. The topological polar surface area (TPSA) is 84.6 Å². The lowest BCUT2D eigenvalue weighted by Gasteiger charge is -2.14. The van der Waals surface area contributed by atoms with E-state index < -0.39 is 25.0 Å². The normalized spacial score (nSPS) is 12.2. The van der Waals surface area contributed by atoms with Gasteiger partial charge in [-0.1, -0.05) is 0 Å². The fourth-order valence-electron chi connectivity index (χ4n) is 1.69. The third-order valence-electron chi connectivity index (χ3n) is 2.73. The number of aromatic nitrogens is 1. The fourth-order valence-corrected chi connectivity index (χ4v) is 1.69. The van der Waals surface area contributed by atoms with E-state index in [0.717, 1.165) is 0 Å². The predicted molar refractivity (Wildman–Crippen MR) is 71.7 cm³/mol. The smallest absolute Gasteiger partial charge is 0.272 e. The molecule has 0 aliphatic heterocycles. The van der Waals surface area contributed by atoms with Crippen molar-refractivity contribution in [2.45, 2.75) is 12.5 Å². The Labute approximate surface area is 124 Å². The fraction of sp³-hybridized carbons (Fsp3) is 0.286. The van der Waals surface area contributed by atoms with Gasteiger partial charge in [-0.05, 0) is 18.2 Å². The van der Waals surface area contributed by atoms with Gasteiger partial charge in [0.2, 0.25) is 5.88 Å². The molecule has 1 unspecified atom stereocenters. The molecule has 118 valence electrons. The van der Waals surface area contributed by atoms with Crippen LogP contribution >= 0.6 is 0 Å². The number of amides is 1. The van der Waals surface area contributed by atoms with Gasteiger partial charge in [0, 0.05) is 12.3 Å². The van der Waals surface area contributed by atoms with Crippen molar-refractivity contribution < 1.29 is 27.8 Å². The molecule has 2 aromatic rings. The highest BCUT2D eigenvalue weighted by Gasteiger charge is 2.17. The summed E-state index contributed by atoms with van der Waals surface area (Å²) >= 11 is 0. The van der Waals surface area contributed by atoms with Gasteiger partial charge in [-0.25, -0.2) is 13.8 Å². The van der Waals surface area contributed by atoms with Crippen LogP contribution in [-0.4, -0.2) is 35.6 Å². The van der Waals surface area contributed by atoms with Crippen LogP contribution in [0.1, 0.15) is 22.2 Å². The molecule has 0 aliphatic carbocycles. The Morgan fingerprint density at radius 3 is 2.77 bits per heavy atom. The largest absolute Gasteiger partial charge is 0.472 e. The minimum Gasteiger partial charge on any atom is -0.472 e. The lowest BCUT2D eigenvalue weighted by molar-refractivity contribution is 0.0794. The molecule has 0 aromatic carbocycles. The Balaban J connectivity index is 1.97. The molecule has 8 heteroatoms. The van der Waals surface area contributed by atoms with E-state index >= 15 is 0 Å². The van der Waals surface area contributed by atoms with Gasteiger partial charge in [-0.3, -0.25) is 4.79 Å². The quantitative estimate of drug-likeness (QED) is 0.814. The number of carbonyl (C=O) groups is 1. The summed E-state index contributed by atoms with van der Waals surface area (Å²) in [5.74, 6) is -0.0642. The Morgan fingerprint density at radius 1 is 1.41 bits per heavy atom. The molecule has 22 heavy (non-hydrogen) atoms. The predicted octanol–water partition coefficient (Wildman–Crippen LogP) is 1.78. The summed E-state index contributed by atoms with van der Waals surface area (Å²) < 4.78 is 33.8. The molecule has 2 N–H and O–H groups in total. The summed E-state index contributed by atoms with van der Waals surface area (Å²) in [7, 11) is 0. The zero-order chi connectivity index (χ0) is 15.9. The number of nitrogens with one attached hydrogen (secondary N) is 1. The second-order valence-electron chi connectivity index (χ2n) is 4.31. The molecular formula is C14H14F2N2O4. The van der Waals surface area contributed by atoms with E-state index in [4.69, 9.17) is 9.15 Å². The molecule has 0 fully saturated rings. The molecule has 1 amide bonds. The van der Waals surface area contributed by atoms with E-state index in [1.807, 2.05) is 0 Å². The van der Waals surface area contributed by atoms with E-state index in [0.29, 0.717) is 5.76 Å². The standard InChI is InChI=1S/C14H14F2N2O4/c15-12(16)8-22-13-4-3-9(6-17-13)14(20)18-10(7-19)11-2-1-5-21-11/h1-6,10,12,19H,7-8H2,(H,18,20). The van der Waals surface area contributed by atoms with Gasteiger partial charge < -0.3 is 19.6 Å².